The van der Waals surface area contributed by atoms with Crippen LogP contribution in [0.5, 0.6) is 0 Å². The summed E-state index contributed by atoms with van der Waals surface area (Å²) in [6.45, 7) is 0.483. The molecule has 0 bridgehead atoms. The highest BCUT2D eigenvalue weighted by Crippen LogP contribution is 2.31. The predicted octanol–water partition coefficient (Wildman–Crippen LogP) is 4.07. The zero-order valence-corrected chi connectivity index (χ0v) is 17.4. The molecule has 0 aliphatic carbocycles. The third kappa shape index (κ3) is 4.41. The quantitative estimate of drug-likeness (QED) is 0.377. The average molecular weight is 422 g/mol. The van der Waals surface area contributed by atoms with Crippen molar-refractivity contribution >= 4 is 39.2 Å². The number of hydrogen-bond acceptors (Lipinski definition) is 5. The first-order valence-electron chi connectivity index (χ1n) is 9.11. The molecule has 0 unspecified atom stereocenters. The molecule has 2 aromatic carbocycles. The van der Waals surface area contributed by atoms with Gasteiger partial charge in [0.2, 0.25) is 5.91 Å². The fourth-order valence-electron chi connectivity index (χ4n) is 2.89. The summed E-state index contributed by atoms with van der Waals surface area (Å²) >= 11 is 2.71. The molecule has 0 saturated carbocycles. The molecule has 0 spiro atoms. The standard InChI is InChI=1S/C22H19N3O2S2/c1-25-21(27)20-17(12-18(29-20)16-10-6-3-7-11-16)24-22(25)28-14-19(26)23-13-15-8-4-2-5-9-15/h2-12H,13-14H2,1H3,(H,23,26). The Morgan fingerprint density at radius 1 is 1.10 bits per heavy atom. The second-order valence-corrected chi connectivity index (χ2v) is 8.50. The summed E-state index contributed by atoms with van der Waals surface area (Å²) in [6, 6.07) is 21.6. The second kappa shape index (κ2) is 8.63. The first-order chi connectivity index (χ1) is 14.1. The summed E-state index contributed by atoms with van der Waals surface area (Å²) in [6.07, 6.45) is 0. The highest BCUT2D eigenvalue weighted by Gasteiger charge is 2.14. The second-order valence-electron chi connectivity index (χ2n) is 6.50. The van der Waals surface area contributed by atoms with Gasteiger partial charge in [0.15, 0.2) is 5.16 Å². The van der Waals surface area contributed by atoms with E-state index in [1.165, 1.54) is 27.7 Å². The van der Waals surface area contributed by atoms with Crippen molar-refractivity contribution in [1.82, 2.24) is 14.9 Å². The van der Waals surface area contributed by atoms with E-state index in [0.29, 0.717) is 21.9 Å². The van der Waals surface area contributed by atoms with Gasteiger partial charge in [-0.15, -0.1) is 11.3 Å². The van der Waals surface area contributed by atoms with Gasteiger partial charge in [0.05, 0.1) is 11.3 Å². The Morgan fingerprint density at radius 3 is 2.52 bits per heavy atom. The van der Waals surface area contributed by atoms with Crippen LogP contribution in [0.4, 0.5) is 0 Å². The highest BCUT2D eigenvalue weighted by molar-refractivity contribution is 7.99. The number of nitrogens with one attached hydrogen (secondary N) is 1. The van der Waals surface area contributed by atoms with E-state index in [0.717, 1.165) is 16.0 Å². The van der Waals surface area contributed by atoms with Crippen LogP contribution in [0.2, 0.25) is 0 Å². The minimum Gasteiger partial charge on any atom is -0.351 e. The Morgan fingerprint density at radius 2 is 1.79 bits per heavy atom. The number of carbonyl (C=O) groups is 1. The van der Waals surface area contributed by atoms with Crippen LogP contribution in [-0.2, 0) is 18.4 Å². The van der Waals surface area contributed by atoms with E-state index < -0.39 is 0 Å². The third-order valence-electron chi connectivity index (χ3n) is 4.44. The van der Waals surface area contributed by atoms with Gasteiger partial charge in [0.1, 0.15) is 4.70 Å². The molecule has 2 aromatic heterocycles. The number of hydrogen-bond donors (Lipinski definition) is 1. The normalized spacial score (nSPS) is 10.9. The van der Waals surface area contributed by atoms with Gasteiger partial charge >= 0.3 is 0 Å². The minimum absolute atomic E-state index is 0.0885. The number of thiophene rings is 1. The molecule has 0 fully saturated rings. The van der Waals surface area contributed by atoms with Gasteiger partial charge in [0.25, 0.3) is 5.56 Å². The van der Waals surface area contributed by atoms with Crippen molar-refractivity contribution in [3.8, 4) is 10.4 Å². The predicted molar refractivity (Wildman–Crippen MR) is 119 cm³/mol. The minimum atomic E-state index is -0.0940. The Balaban J connectivity index is 1.49. The van der Waals surface area contributed by atoms with Crippen LogP contribution in [0.3, 0.4) is 0 Å². The van der Waals surface area contributed by atoms with Crippen molar-refractivity contribution in [3.05, 3.63) is 82.6 Å². The Kier molecular flexibility index (Phi) is 5.78. The van der Waals surface area contributed by atoms with Gasteiger partial charge in [-0.25, -0.2) is 4.98 Å². The highest BCUT2D eigenvalue weighted by atomic mass is 32.2. The Hall–Kier alpha value is -2.90. The van der Waals surface area contributed by atoms with Crippen molar-refractivity contribution in [3.63, 3.8) is 0 Å². The van der Waals surface area contributed by atoms with Crippen LogP contribution in [-0.4, -0.2) is 21.2 Å². The first-order valence-corrected chi connectivity index (χ1v) is 10.9. The third-order valence-corrected chi connectivity index (χ3v) is 6.63. The molecule has 0 saturated heterocycles. The first kappa shape index (κ1) is 19.4. The van der Waals surface area contributed by atoms with Crippen molar-refractivity contribution in [1.29, 1.82) is 0 Å². The number of rotatable bonds is 6. The maximum absolute atomic E-state index is 12.8. The van der Waals surface area contributed by atoms with E-state index in [1.54, 1.807) is 7.05 Å². The zero-order chi connectivity index (χ0) is 20.2. The Labute approximate surface area is 176 Å². The van der Waals surface area contributed by atoms with Crippen molar-refractivity contribution in [2.24, 2.45) is 7.05 Å². The van der Waals surface area contributed by atoms with Gasteiger partial charge in [-0.05, 0) is 17.2 Å². The number of benzene rings is 2. The molecule has 4 aromatic rings. The van der Waals surface area contributed by atoms with E-state index in [-0.39, 0.29) is 17.2 Å². The van der Waals surface area contributed by atoms with Crippen LogP contribution in [0.1, 0.15) is 5.56 Å². The molecule has 146 valence electrons. The maximum atomic E-state index is 12.8. The lowest BCUT2D eigenvalue weighted by Gasteiger charge is -2.08. The van der Waals surface area contributed by atoms with Crippen molar-refractivity contribution in [2.75, 3.05) is 5.75 Å². The Bertz CT molecular complexity index is 1200. The topological polar surface area (TPSA) is 64.0 Å². The number of amides is 1. The zero-order valence-electron chi connectivity index (χ0n) is 15.8. The van der Waals surface area contributed by atoms with Gasteiger partial charge in [0, 0.05) is 18.5 Å². The summed E-state index contributed by atoms with van der Waals surface area (Å²) in [5, 5.41) is 3.43. The van der Waals surface area contributed by atoms with E-state index in [1.807, 2.05) is 66.7 Å². The fourth-order valence-corrected chi connectivity index (χ4v) is 4.77. The average Bonchev–Trinajstić information content (AvgIpc) is 3.19. The van der Waals surface area contributed by atoms with Crippen molar-refractivity contribution in [2.45, 2.75) is 11.7 Å². The van der Waals surface area contributed by atoms with E-state index >= 15 is 0 Å². The number of aromatic nitrogens is 2. The lowest BCUT2D eigenvalue weighted by Crippen LogP contribution is -2.25. The molecular formula is C22H19N3O2S2. The van der Waals surface area contributed by atoms with E-state index in [9.17, 15) is 9.59 Å². The summed E-state index contributed by atoms with van der Waals surface area (Å²) in [5.41, 5.74) is 2.69. The van der Waals surface area contributed by atoms with Gasteiger partial charge < -0.3 is 5.32 Å². The summed E-state index contributed by atoms with van der Waals surface area (Å²) < 4.78 is 2.15. The number of thioether (sulfide) groups is 1. The largest absolute Gasteiger partial charge is 0.351 e. The molecule has 0 radical (unpaired) electrons. The molecule has 2 heterocycles. The molecule has 4 rings (SSSR count). The van der Waals surface area contributed by atoms with E-state index in [4.69, 9.17) is 0 Å². The number of carbonyl (C=O) groups excluding carboxylic acids is 1. The van der Waals surface area contributed by atoms with Crippen molar-refractivity contribution < 1.29 is 4.79 Å². The molecule has 0 atom stereocenters. The van der Waals surface area contributed by atoms with Crippen LogP contribution < -0.4 is 10.9 Å². The molecule has 1 N–H and O–H groups in total. The molecule has 5 nitrogen and oxygen atoms in total. The van der Waals surface area contributed by atoms with Crippen LogP contribution in [0.15, 0.2) is 76.7 Å². The molecular weight excluding hydrogens is 402 g/mol. The number of nitrogens with zero attached hydrogens (tertiary/aromatic N) is 2. The molecule has 29 heavy (non-hydrogen) atoms. The maximum Gasteiger partial charge on any atom is 0.271 e. The lowest BCUT2D eigenvalue weighted by atomic mass is 10.2. The van der Waals surface area contributed by atoms with Crippen LogP contribution >= 0.6 is 23.1 Å². The summed E-state index contributed by atoms with van der Waals surface area (Å²) in [4.78, 5) is 30.6. The summed E-state index contributed by atoms with van der Waals surface area (Å²) in [5.74, 6) is 0.109. The molecule has 1 amide bonds. The van der Waals surface area contributed by atoms with Gasteiger partial charge in [-0.2, -0.15) is 0 Å². The molecule has 7 heteroatoms. The van der Waals surface area contributed by atoms with Gasteiger partial charge in [-0.3, -0.25) is 14.2 Å². The smallest absolute Gasteiger partial charge is 0.271 e. The van der Waals surface area contributed by atoms with Crippen LogP contribution in [0.25, 0.3) is 20.7 Å². The molecule has 0 aliphatic rings. The SMILES string of the molecule is Cn1c(SCC(=O)NCc2ccccc2)nc2cc(-c3ccccc3)sc2c1=O. The van der Waals surface area contributed by atoms with Gasteiger partial charge in [-0.1, -0.05) is 72.4 Å². The number of fused-ring (bicyclic) bond motifs is 1. The molecule has 0 aliphatic heterocycles. The fraction of sp³-hybridized carbons (Fsp3) is 0.136. The van der Waals surface area contributed by atoms with E-state index in [2.05, 4.69) is 10.3 Å². The summed E-state index contributed by atoms with van der Waals surface area (Å²) in [7, 11) is 1.70. The van der Waals surface area contributed by atoms with Crippen LogP contribution in [0, 0.1) is 0 Å². The lowest BCUT2D eigenvalue weighted by molar-refractivity contribution is -0.118. The monoisotopic (exact) mass is 421 g/mol.